The van der Waals surface area contributed by atoms with E-state index in [-0.39, 0.29) is 12.1 Å². The summed E-state index contributed by atoms with van der Waals surface area (Å²) in [6.07, 6.45) is 5.22. The monoisotopic (exact) mass is 388 g/mol. The molecule has 0 radical (unpaired) electrons. The molecule has 6 rings (SSSR count). The summed E-state index contributed by atoms with van der Waals surface area (Å²) in [5.41, 5.74) is 1.84. The smallest absolute Gasteiger partial charge is 0.185 e. The van der Waals surface area contributed by atoms with Gasteiger partial charge in [-0.3, -0.25) is 0 Å². The van der Waals surface area contributed by atoms with Crippen LogP contribution in [0.3, 0.4) is 0 Å². The number of nitrogens with zero attached hydrogens (tertiary/aromatic N) is 5. The minimum atomic E-state index is -0.575. The minimum Gasteiger partial charge on any atom is -0.486 e. The first-order chi connectivity index (χ1) is 14.2. The number of anilines is 1. The highest BCUT2D eigenvalue weighted by Crippen LogP contribution is 2.53. The fraction of sp³-hybridized carbons (Fsp3) is 0.429. The van der Waals surface area contributed by atoms with E-state index >= 15 is 0 Å². The number of nitriles is 1. The number of pyridine rings is 1. The Hall–Kier alpha value is -3.18. The van der Waals surface area contributed by atoms with E-state index in [2.05, 4.69) is 27.9 Å². The highest BCUT2D eigenvalue weighted by molar-refractivity contribution is 5.91. The molecule has 1 aliphatic carbocycles. The Kier molecular flexibility index (Phi) is 3.41. The van der Waals surface area contributed by atoms with Gasteiger partial charge in [0.15, 0.2) is 17.4 Å². The number of rotatable bonds is 2. The zero-order valence-electron chi connectivity index (χ0n) is 16.1. The Bertz CT molecular complexity index is 1160. The second-order valence-electron chi connectivity index (χ2n) is 8.10. The molecule has 8 nitrogen and oxygen atoms in total. The lowest BCUT2D eigenvalue weighted by atomic mass is 10.0. The molecule has 0 bridgehead atoms. The first-order valence-electron chi connectivity index (χ1n) is 9.95. The van der Waals surface area contributed by atoms with Gasteiger partial charge in [0.2, 0.25) is 0 Å². The molecule has 2 atom stereocenters. The third-order valence-electron chi connectivity index (χ3n) is 6.17. The van der Waals surface area contributed by atoms with E-state index in [1.54, 1.807) is 6.20 Å². The van der Waals surface area contributed by atoms with Crippen LogP contribution in [-0.2, 0) is 10.2 Å². The highest BCUT2D eigenvalue weighted by atomic mass is 16.5. The van der Waals surface area contributed by atoms with Crippen molar-refractivity contribution >= 4 is 16.9 Å². The molecule has 0 aromatic carbocycles. The van der Waals surface area contributed by atoms with Gasteiger partial charge in [0.1, 0.15) is 23.4 Å². The molecule has 146 valence electrons. The molecule has 3 aliphatic rings. The zero-order valence-corrected chi connectivity index (χ0v) is 16.1. The quantitative estimate of drug-likeness (QED) is 0.720. The van der Waals surface area contributed by atoms with Gasteiger partial charge in [-0.1, -0.05) is 0 Å². The van der Waals surface area contributed by atoms with Gasteiger partial charge >= 0.3 is 0 Å². The van der Waals surface area contributed by atoms with Crippen molar-refractivity contribution in [3.63, 3.8) is 0 Å². The number of hydrogen-bond acceptors (Lipinski definition) is 7. The predicted octanol–water partition coefficient (Wildman–Crippen LogP) is 2.56. The Morgan fingerprint density at radius 3 is 2.97 bits per heavy atom. The number of morpholine rings is 1. The van der Waals surface area contributed by atoms with Gasteiger partial charge < -0.3 is 19.4 Å². The summed E-state index contributed by atoms with van der Waals surface area (Å²) in [6.45, 7) is 3.91. The summed E-state index contributed by atoms with van der Waals surface area (Å²) in [5.74, 6) is 2.05. The van der Waals surface area contributed by atoms with Gasteiger partial charge in [-0.25, -0.2) is 15.0 Å². The van der Waals surface area contributed by atoms with Crippen LogP contribution in [0.15, 0.2) is 24.5 Å². The lowest BCUT2D eigenvalue weighted by molar-refractivity contribution is 0.0483. The Balaban J connectivity index is 1.61. The Morgan fingerprint density at radius 2 is 2.14 bits per heavy atom. The first-order valence-corrected chi connectivity index (χ1v) is 9.95. The molecule has 3 aromatic rings. The van der Waals surface area contributed by atoms with Crippen molar-refractivity contribution in [2.45, 2.75) is 37.3 Å². The van der Waals surface area contributed by atoms with Crippen molar-refractivity contribution in [2.75, 3.05) is 24.7 Å². The summed E-state index contributed by atoms with van der Waals surface area (Å²) in [4.78, 5) is 19.7. The summed E-state index contributed by atoms with van der Waals surface area (Å²) < 4.78 is 11.9. The molecule has 2 fully saturated rings. The number of nitrogens with one attached hydrogen (secondary N) is 1. The van der Waals surface area contributed by atoms with Crippen LogP contribution < -0.4 is 9.64 Å². The van der Waals surface area contributed by atoms with Crippen molar-refractivity contribution in [1.82, 2.24) is 19.9 Å². The van der Waals surface area contributed by atoms with E-state index in [0.29, 0.717) is 31.4 Å². The standard InChI is InChI=1S/C21H20N6O2/c1-12-8-28-9-13-10-29-16-17(21(11-22)4-5-21)25-19(26-20(16)27(12)13)15-3-7-24-18-14(15)2-6-23-18/h2-3,6-7,12-13H,4-5,8-10H2,1H3,(H,23,24)/t12-,13+/m1/s1. The molecule has 1 saturated carbocycles. The third kappa shape index (κ3) is 2.37. The molecule has 5 heterocycles. The van der Waals surface area contributed by atoms with E-state index in [9.17, 15) is 5.26 Å². The average molecular weight is 388 g/mol. The van der Waals surface area contributed by atoms with Crippen LogP contribution in [0.1, 0.15) is 25.5 Å². The van der Waals surface area contributed by atoms with E-state index < -0.39 is 5.41 Å². The Morgan fingerprint density at radius 1 is 1.24 bits per heavy atom. The molecular formula is C21H20N6O2. The van der Waals surface area contributed by atoms with Crippen molar-refractivity contribution in [1.29, 1.82) is 5.26 Å². The molecule has 1 N–H and O–H groups in total. The molecule has 0 amide bonds. The fourth-order valence-corrected chi connectivity index (χ4v) is 4.46. The molecule has 1 saturated heterocycles. The molecule has 3 aromatic heterocycles. The topological polar surface area (TPSA) is 100.0 Å². The summed E-state index contributed by atoms with van der Waals surface area (Å²) in [6, 6.07) is 6.68. The summed E-state index contributed by atoms with van der Waals surface area (Å²) >= 11 is 0. The van der Waals surface area contributed by atoms with Gasteiger partial charge in [0.25, 0.3) is 0 Å². The average Bonchev–Trinajstić information content (AvgIpc) is 3.40. The maximum absolute atomic E-state index is 9.88. The second-order valence-corrected chi connectivity index (χ2v) is 8.10. The predicted molar refractivity (Wildman–Crippen MR) is 106 cm³/mol. The largest absolute Gasteiger partial charge is 0.486 e. The number of H-pyrrole nitrogens is 1. The lowest BCUT2D eigenvalue weighted by Gasteiger charge is -2.44. The molecule has 0 spiro atoms. The van der Waals surface area contributed by atoms with E-state index in [4.69, 9.17) is 19.4 Å². The first kappa shape index (κ1) is 16.7. The fourth-order valence-electron chi connectivity index (χ4n) is 4.46. The number of fused-ring (bicyclic) bond motifs is 4. The zero-order chi connectivity index (χ0) is 19.6. The van der Waals surface area contributed by atoms with E-state index in [1.807, 2.05) is 18.3 Å². The highest BCUT2D eigenvalue weighted by Gasteiger charge is 2.51. The van der Waals surface area contributed by atoms with Crippen LogP contribution >= 0.6 is 0 Å². The SMILES string of the molecule is C[C@@H]1COC[C@H]2COc3c(nc(-c4ccnc5[nH]ccc45)nc3C3(C#N)CC3)N21. The van der Waals surface area contributed by atoms with E-state index in [0.717, 1.165) is 41.0 Å². The van der Waals surface area contributed by atoms with Gasteiger partial charge in [-0.15, -0.1) is 0 Å². The maximum Gasteiger partial charge on any atom is 0.185 e. The van der Waals surface area contributed by atoms with Crippen LogP contribution in [0, 0.1) is 11.3 Å². The van der Waals surface area contributed by atoms with Crippen molar-refractivity contribution in [2.24, 2.45) is 0 Å². The van der Waals surface area contributed by atoms with Gasteiger partial charge in [0, 0.05) is 23.3 Å². The molecule has 0 unspecified atom stereocenters. The number of aromatic nitrogens is 4. The van der Waals surface area contributed by atoms with Crippen molar-refractivity contribution < 1.29 is 9.47 Å². The molecule has 8 heteroatoms. The van der Waals surface area contributed by atoms with Gasteiger partial charge in [0.05, 0.1) is 31.4 Å². The molecule has 29 heavy (non-hydrogen) atoms. The van der Waals surface area contributed by atoms with Crippen molar-refractivity contribution in [3.8, 4) is 23.2 Å². The second kappa shape index (κ2) is 5.91. The summed E-state index contributed by atoms with van der Waals surface area (Å²) in [5, 5.41) is 10.8. The third-order valence-corrected chi connectivity index (χ3v) is 6.17. The number of ether oxygens (including phenoxy) is 2. The maximum atomic E-state index is 9.88. The lowest BCUT2D eigenvalue weighted by Crippen LogP contribution is -2.56. The van der Waals surface area contributed by atoms with Crippen molar-refractivity contribution in [3.05, 3.63) is 30.2 Å². The minimum absolute atomic E-state index is 0.115. The molecule has 2 aliphatic heterocycles. The Labute approximate surface area is 167 Å². The number of hydrogen-bond donors (Lipinski definition) is 1. The van der Waals surface area contributed by atoms with Crippen LogP contribution in [0.4, 0.5) is 5.82 Å². The van der Waals surface area contributed by atoms with Crippen LogP contribution in [-0.4, -0.2) is 51.8 Å². The van der Waals surface area contributed by atoms with Gasteiger partial charge in [-0.05, 0) is 31.9 Å². The van der Waals surface area contributed by atoms with Crippen LogP contribution in [0.5, 0.6) is 5.75 Å². The normalized spacial score (nSPS) is 24.3. The van der Waals surface area contributed by atoms with Crippen LogP contribution in [0.25, 0.3) is 22.4 Å². The van der Waals surface area contributed by atoms with Gasteiger partial charge in [-0.2, -0.15) is 5.26 Å². The number of aromatic amines is 1. The van der Waals surface area contributed by atoms with E-state index in [1.165, 1.54) is 0 Å². The molecular weight excluding hydrogens is 368 g/mol. The van der Waals surface area contributed by atoms with Crippen LogP contribution in [0.2, 0.25) is 0 Å². The summed E-state index contributed by atoms with van der Waals surface area (Å²) in [7, 11) is 0.